The van der Waals surface area contributed by atoms with Gasteiger partial charge in [-0.05, 0) is 48.7 Å². The Kier molecular flexibility index (Phi) is 4.46. The van der Waals surface area contributed by atoms with E-state index in [9.17, 15) is 0 Å². The summed E-state index contributed by atoms with van der Waals surface area (Å²) in [5.74, 6) is 1.43. The lowest BCUT2D eigenvalue weighted by molar-refractivity contribution is 0.481. The quantitative estimate of drug-likeness (QED) is 0.866. The number of nitrogens with two attached hydrogens (primary N) is 1. The topological polar surface area (TPSA) is 35.2 Å². The standard InChI is InChI=1S/C16H18ClNO/c1-3-15(18)12-5-4-6-13(10-12)19-16-9-11(2)7-8-14(16)17/h4-10,15H,3,18H2,1-2H3. The molecule has 1 atom stereocenters. The summed E-state index contributed by atoms with van der Waals surface area (Å²) in [5, 5.41) is 0.607. The van der Waals surface area contributed by atoms with Crippen LogP contribution in [0.2, 0.25) is 5.02 Å². The van der Waals surface area contributed by atoms with E-state index in [-0.39, 0.29) is 6.04 Å². The van der Waals surface area contributed by atoms with Crippen molar-refractivity contribution >= 4 is 11.6 Å². The Morgan fingerprint density at radius 1 is 1.21 bits per heavy atom. The average Bonchev–Trinajstić information content (AvgIpc) is 2.42. The number of hydrogen-bond donors (Lipinski definition) is 1. The normalized spacial score (nSPS) is 12.2. The van der Waals surface area contributed by atoms with Crippen LogP contribution in [0.25, 0.3) is 0 Å². The molecule has 2 rings (SSSR count). The van der Waals surface area contributed by atoms with Gasteiger partial charge in [0, 0.05) is 6.04 Å². The van der Waals surface area contributed by atoms with Crippen LogP contribution >= 0.6 is 11.6 Å². The molecule has 2 N–H and O–H groups in total. The van der Waals surface area contributed by atoms with Gasteiger partial charge >= 0.3 is 0 Å². The summed E-state index contributed by atoms with van der Waals surface area (Å²) in [6, 6.07) is 13.6. The van der Waals surface area contributed by atoms with E-state index in [1.54, 1.807) is 0 Å². The molecule has 2 aromatic rings. The molecule has 0 aliphatic carbocycles. The number of aryl methyl sites for hydroxylation is 1. The molecule has 2 nitrogen and oxygen atoms in total. The van der Waals surface area contributed by atoms with Crippen molar-refractivity contribution in [1.29, 1.82) is 0 Å². The number of halogens is 1. The van der Waals surface area contributed by atoms with Crippen molar-refractivity contribution in [2.75, 3.05) is 0 Å². The van der Waals surface area contributed by atoms with Gasteiger partial charge in [0.1, 0.15) is 11.5 Å². The molecule has 0 aliphatic heterocycles. The van der Waals surface area contributed by atoms with Crippen LogP contribution in [0.15, 0.2) is 42.5 Å². The third-order valence-corrected chi connectivity index (χ3v) is 3.35. The maximum absolute atomic E-state index is 6.13. The van der Waals surface area contributed by atoms with E-state index in [0.29, 0.717) is 10.8 Å². The van der Waals surface area contributed by atoms with Gasteiger partial charge in [-0.1, -0.05) is 36.7 Å². The molecule has 100 valence electrons. The van der Waals surface area contributed by atoms with Crippen molar-refractivity contribution in [3.05, 3.63) is 58.6 Å². The fourth-order valence-corrected chi connectivity index (χ4v) is 2.02. The maximum Gasteiger partial charge on any atom is 0.146 e. The van der Waals surface area contributed by atoms with Crippen molar-refractivity contribution in [2.45, 2.75) is 26.3 Å². The lowest BCUT2D eigenvalue weighted by Crippen LogP contribution is -2.08. The number of hydrogen-bond acceptors (Lipinski definition) is 2. The highest BCUT2D eigenvalue weighted by atomic mass is 35.5. The van der Waals surface area contributed by atoms with E-state index in [1.165, 1.54) is 0 Å². The summed E-state index contributed by atoms with van der Waals surface area (Å²) in [6.07, 6.45) is 0.897. The van der Waals surface area contributed by atoms with E-state index in [2.05, 4.69) is 6.92 Å². The third kappa shape index (κ3) is 3.49. The molecule has 0 spiro atoms. The van der Waals surface area contributed by atoms with E-state index < -0.39 is 0 Å². The molecule has 0 amide bonds. The second-order valence-corrected chi connectivity index (χ2v) is 5.03. The third-order valence-electron chi connectivity index (χ3n) is 3.04. The molecule has 0 radical (unpaired) electrons. The molecule has 19 heavy (non-hydrogen) atoms. The van der Waals surface area contributed by atoms with Crippen molar-refractivity contribution in [2.24, 2.45) is 5.73 Å². The van der Waals surface area contributed by atoms with Crippen molar-refractivity contribution < 1.29 is 4.74 Å². The predicted molar refractivity (Wildman–Crippen MR) is 79.9 cm³/mol. The smallest absolute Gasteiger partial charge is 0.146 e. The van der Waals surface area contributed by atoms with Gasteiger partial charge in [-0.2, -0.15) is 0 Å². The molecule has 0 saturated heterocycles. The van der Waals surface area contributed by atoms with Crippen LogP contribution in [0.5, 0.6) is 11.5 Å². The van der Waals surface area contributed by atoms with Gasteiger partial charge in [-0.3, -0.25) is 0 Å². The van der Waals surface area contributed by atoms with Crippen molar-refractivity contribution in [3.8, 4) is 11.5 Å². The van der Waals surface area contributed by atoms with Gasteiger partial charge in [-0.15, -0.1) is 0 Å². The first-order valence-corrected chi connectivity index (χ1v) is 6.77. The van der Waals surface area contributed by atoms with E-state index in [1.807, 2.05) is 49.4 Å². The summed E-state index contributed by atoms with van der Waals surface area (Å²) in [4.78, 5) is 0. The second-order valence-electron chi connectivity index (χ2n) is 4.62. The summed E-state index contributed by atoms with van der Waals surface area (Å²) in [5.41, 5.74) is 8.21. The molecule has 3 heteroatoms. The first-order valence-electron chi connectivity index (χ1n) is 6.39. The zero-order valence-electron chi connectivity index (χ0n) is 11.2. The van der Waals surface area contributed by atoms with Gasteiger partial charge in [0.2, 0.25) is 0 Å². The van der Waals surface area contributed by atoms with Crippen LogP contribution in [0.1, 0.15) is 30.5 Å². The first kappa shape index (κ1) is 13.9. The fraction of sp³-hybridized carbons (Fsp3) is 0.250. The molecule has 2 aromatic carbocycles. The minimum absolute atomic E-state index is 0.0385. The van der Waals surface area contributed by atoms with Gasteiger partial charge in [0.25, 0.3) is 0 Å². The minimum atomic E-state index is 0.0385. The van der Waals surface area contributed by atoms with Crippen LogP contribution in [0, 0.1) is 6.92 Å². The van der Waals surface area contributed by atoms with Gasteiger partial charge in [0.05, 0.1) is 5.02 Å². The molecular formula is C16H18ClNO. The molecule has 1 unspecified atom stereocenters. The molecule has 0 aliphatic rings. The monoisotopic (exact) mass is 275 g/mol. The Balaban J connectivity index is 2.26. The van der Waals surface area contributed by atoms with Gasteiger partial charge in [0.15, 0.2) is 0 Å². The molecule has 0 saturated carbocycles. The highest BCUT2D eigenvalue weighted by molar-refractivity contribution is 6.32. The van der Waals surface area contributed by atoms with Crippen LogP contribution in [-0.4, -0.2) is 0 Å². The minimum Gasteiger partial charge on any atom is -0.456 e. The van der Waals surface area contributed by atoms with E-state index in [4.69, 9.17) is 22.1 Å². The SMILES string of the molecule is CCC(N)c1cccc(Oc2cc(C)ccc2Cl)c1. The predicted octanol–water partition coefficient (Wildman–Crippen LogP) is 4.85. The van der Waals surface area contributed by atoms with Crippen molar-refractivity contribution in [3.63, 3.8) is 0 Å². The maximum atomic E-state index is 6.13. The highest BCUT2D eigenvalue weighted by Gasteiger charge is 2.07. The zero-order chi connectivity index (χ0) is 13.8. The summed E-state index contributed by atoms with van der Waals surface area (Å²) < 4.78 is 5.84. The lowest BCUT2D eigenvalue weighted by atomic mass is 10.1. The Morgan fingerprint density at radius 3 is 2.74 bits per heavy atom. The van der Waals surface area contributed by atoms with Crippen LogP contribution < -0.4 is 10.5 Å². The average molecular weight is 276 g/mol. The summed E-state index contributed by atoms with van der Waals surface area (Å²) in [7, 11) is 0. The van der Waals surface area contributed by atoms with Crippen LogP contribution in [0.3, 0.4) is 0 Å². The van der Waals surface area contributed by atoms with Crippen LogP contribution in [0.4, 0.5) is 0 Å². The Labute approximate surface area is 119 Å². The van der Waals surface area contributed by atoms with Crippen molar-refractivity contribution in [1.82, 2.24) is 0 Å². The summed E-state index contributed by atoms with van der Waals surface area (Å²) in [6.45, 7) is 4.07. The van der Waals surface area contributed by atoms with E-state index >= 15 is 0 Å². The second kappa shape index (κ2) is 6.09. The molecule has 0 heterocycles. The largest absolute Gasteiger partial charge is 0.456 e. The molecule has 0 aromatic heterocycles. The molecule has 0 bridgehead atoms. The summed E-state index contributed by atoms with van der Waals surface area (Å²) >= 11 is 6.13. The number of ether oxygens (including phenoxy) is 1. The van der Waals surface area contributed by atoms with Gasteiger partial charge in [-0.25, -0.2) is 0 Å². The first-order chi connectivity index (χ1) is 9.10. The number of benzene rings is 2. The lowest BCUT2D eigenvalue weighted by Gasteiger charge is -2.12. The molecule has 0 fully saturated rings. The van der Waals surface area contributed by atoms with Gasteiger partial charge < -0.3 is 10.5 Å². The Bertz CT molecular complexity index is 568. The van der Waals surface area contributed by atoms with E-state index in [0.717, 1.165) is 23.3 Å². The Morgan fingerprint density at radius 2 is 2.00 bits per heavy atom. The molecular weight excluding hydrogens is 258 g/mol. The highest BCUT2D eigenvalue weighted by Crippen LogP contribution is 2.31. The zero-order valence-corrected chi connectivity index (χ0v) is 11.9. The Hall–Kier alpha value is -1.51. The van der Waals surface area contributed by atoms with Crippen LogP contribution in [-0.2, 0) is 0 Å². The fourth-order valence-electron chi connectivity index (χ4n) is 1.86. The number of rotatable bonds is 4.